The van der Waals surface area contributed by atoms with Gasteiger partial charge in [0.2, 0.25) is 0 Å². The average Bonchev–Trinajstić information content (AvgIpc) is 2.22. The van der Waals surface area contributed by atoms with Gasteiger partial charge in [-0.25, -0.2) is 0 Å². The number of rotatable bonds is 10. The molecule has 0 aliphatic rings. The molecule has 0 fully saturated rings. The fraction of sp³-hybridized carbons (Fsp3) is 0.923. The van der Waals surface area contributed by atoms with Crippen molar-refractivity contribution in [3.8, 4) is 0 Å². The molecule has 0 aliphatic heterocycles. The summed E-state index contributed by atoms with van der Waals surface area (Å²) in [6.45, 7) is 5.47. The third-order valence-electron chi connectivity index (χ3n) is 2.76. The van der Waals surface area contributed by atoms with Crippen LogP contribution in [0.2, 0.25) is 0 Å². The topological polar surface area (TPSA) is 9.23 Å². The number of hydrogen-bond acceptors (Lipinski definition) is 1. The van der Waals surface area contributed by atoms with Crippen molar-refractivity contribution in [1.82, 2.24) is 0 Å². The largest absolute Gasteiger partial charge is 0.385 e. The summed E-state index contributed by atoms with van der Waals surface area (Å²) >= 11 is 0. The van der Waals surface area contributed by atoms with Crippen LogP contribution in [0.1, 0.15) is 58.8 Å². The fourth-order valence-electron chi connectivity index (χ4n) is 1.73. The van der Waals surface area contributed by atoms with Crippen LogP contribution in [0.4, 0.5) is 0 Å². The Morgan fingerprint density at radius 1 is 1.14 bits per heavy atom. The zero-order chi connectivity index (χ0) is 10.6. The van der Waals surface area contributed by atoms with Crippen LogP contribution in [0, 0.1) is 12.3 Å². The summed E-state index contributed by atoms with van der Waals surface area (Å²) in [4.78, 5) is 0. The first kappa shape index (κ1) is 14.0. The van der Waals surface area contributed by atoms with Crippen molar-refractivity contribution in [3.63, 3.8) is 0 Å². The summed E-state index contributed by atoms with van der Waals surface area (Å²) in [6.07, 6.45) is 11.7. The Labute approximate surface area is 90.2 Å². The zero-order valence-corrected chi connectivity index (χ0v) is 10.2. The highest BCUT2D eigenvalue weighted by molar-refractivity contribution is 4.75. The normalized spacial score (nSPS) is 13.1. The van der Waals surface area contributed by atoms with E-state index in [4.69, 9.17) is 4.74 Å². The van der Waals surface area contributed by atoms with E-state index in [2.05, 4.69) is 20.3 Å². The van der Waals surface area contributed by atoms with Crippen LogP contribution in [-0.2, 0) is 4.74 Å². The van der Waals surface area contributed by atoms with Crippen molar-refractivity contribution >= 4 is 0 Å². The van der Waals surface area contributed by atoms with Crippen LogP contribution in [-0.4, -0.2) is 13.7 Å². The lowest BCUT2D eigenvalue weighted by Gasteiger charge is -2.13. The molecule has 0 bridgehead atoms. The van der Waals surface area contributed by atoms with E-state index in [0.29, 0.717) is 0 Å². The predicted octanol–water partition coefficient (Wildman–Crippen LogP) is 4.22. The minimum atomic E-state index is 0.846. The molecule has 0 heterocycles. The third-order valence-corrected chi connectivity index (χ3v) is 2.76. The second-order valence-electron chi connectivity index (χ2n) is 4.03. The molecular formula is C13H27O. The van der Waals surface area contributed by atoms with Gasteiger partial charge in [-0.3, -0.25) is 0 Å². The Morgan fingerprint density at radius 2 is 1.93 bits per heavy atom. The van der Waals surface area contributed by atoms with Crippen LogP contribution < -0.4 is 0 Å². The standard InChI is InChI=1S/C13H27O/c1-4-6-7-10-13(5-2)11-8-9-12-14-3/h11,13H,4-10,12H2,1-3H3. The molecule has 1 nitrogen and oxygen atoms in total. The predicted molar refractivity (Wildman–Crippen MR) is 63.3 cm³/mol. The van der Waals surface area contributed by atoms with Crippen LogP contribution in [0.25, 0.3) is 0 Å². The van der Waals surface area contributed by atoms with Crippen molar-refractivity contribution in [2.24, 2.45) is 5.92 Å². The quantitative estimate of drug-likeness (QED) is 0.479. The summed E-state index contributed by atoms with van der Waals surface area (Å²) in [5, 5.41) is 0. The molecule has 0 saturated heterocycles. The Morgan fingerprint density at radius 3 is 2.50 bits per heavy atom. The average molecular weight is 199 g/mol. The van der Waals surface area contributed by atoms with Gasteiger partial charge in [-0.05, 0) is 25.2 Å². The fourth-order valence-corrected chi connectivity index (χ4v) is 1.73. The van der Waals surface area contributed by atoms with Crippen molar-refractivity contribution in [1.29, 1.82) is 0 Å². The van der Waals surface area contributed by atoms with Crippen molar-refractivity contribution in [2.75, 3.05) is 13.7 Å². The second-order valence-corrected chi connectivity index (χ2v) is 4.03. The van der Waals surface area contributed by atoms with Crippen molar-refractivity contribution in [2.45, 2.75) is 58.8 Å². The van der Waals surface area contributed by atoms with Crippen LogP contribution >= 0.6 is 0 Å². The van der Waals surface area contributed by atoms with Gasteiger partial charge in [0.15, 0.2) is 0 Å². The molecule has 1 atom stereocenters. The number of methoxy groups -OCH3 is 1. The van der Waals surface area contributed by atoms with E-state index >= 15 is 0 Å². The summed E-state index contributed by atoms with van der Waals surface area (Å²) in [7, 11) is 1.78. The van der Waals surface area contributed by atoms with E-state index in [-0.39, 0.29) is 0 Å². The molecule has 0 amide bonds. The molecule has 0 aromatic rings. The highest BCUT2D eigenvalue weighted by atomic mass is 16.5. The lowest BCUT2D eigenvalue weighted by Crippen LogP contribution is -2.01. The molecule has 1 heteroatoms. The number of hydrogen-bond donors (Lipinski definition) is 0. The minimum absolute atomic E-state index is 0.846. The van der Waals surface area contributed by atoms with Crippen molar-refractivity contribution in [3.05, 3.63) is 6.42 Å². The maximum atomic E-state index is 5.04. The first-order valence-electron chi connectivity index (χ1n) is 6.17. The SMILES string of the molecule is CCCCCC([CH]CCCOC)CC. The lowest BCUT2D eigenvalue weighted by molar-refractivity contribution is 0.194. The van der Waals surface area contributed by atoms with E-state index in [1.165, 1.54) is 44.9 Å². The molecule has 0 rings (SSSR count). The molecule has 1 unspecified atom stereocenters. The van der Waals surface area contributed by atoms with E-state index in [1.54, 1.807) is 7.11 Å². The smallest absolute Gasteiger partial charge is 0.0462 e. The van der Waals surface area contributed by atoms with Crippen molar-refractivity contribution < 1.29 is 4.74 Å². The summed E-state index contributed by atoms with van der Waals surface area (Å²) in [5.74, 6) is 0.846. The van der Waals surface area contributed by atoms with Crippen LogP contribution in [0.5, 0.6) is 0 Å². The summed E-state index contributed by atoms with van der Waals surface area (Å²) in [6, 6.07) is 0. The molecule has 14 heavy (non-hydrogen) atoms. The Balaban J connectivity index is 3.28. The molecule has 0 aromatic carbocycles. The first-order chi connectivity index (χ1) is 6.85. The van der Waals surface area contributed by atoms with Gasteiger partial charge < -0.3 is 4.74 Å². The molecule has 85 valence electrons. The molecule has 0 N–H and O–H groups in total. The highest BCUT2D eigenvalue weighted by Gasteiger charge is 2.05. The summed E-state index contributed by atoms with van der Waals surface area (Å²) in [5.41, 5.74) is 0. The maximum absolute atomic E-state index is 5.04. The number of unbranched alkanes of at least 4 members (excludes halogenated alkanes) is 3. The van der Waals surface area contributed by atoms with Gasteiger partial charge in [0.25, 0.3) is 0 Å². The van der Waals surface area contributed by atoms with Crippen LogP contribution in [0.3, 0.4) is 0 Å². The van der Waals surface area contributed by atoms with Gasteiger partial charge in [0.05, 0.1) is 0 Å². The van der Waals surface area contributed by atoms with Gasteiger partial charge in [-0.1, -0.05) is 46.0 Å². The molecule has 0 spiro atoms. The molecule has 1 radical (unpaired) electrons. The van der Waals surface area contributed by atoms with E-state index in [1.807, 2.05) is 0 Å². The third kappa shape index (κ3) is 8.55. The molecular weight excluding hydrogens is 172 g/mol. The second kappa shape index (κ2) is 11.0. The molecule has 0 aliphatic carbocycles. The maximum Gasteiger partial charge on any atom is 0.0462 e. The van der Waals surface area contributed by atoms with Gasteiger partial charge >= 0.3 is 0 Å². The molecule has 0 saturated carbocycles. The lowest BCUT2D eigenvalue weighted by atomic mass is 9.93. The minimum Gasteiger partial charge on any atom is -0.385 e. The van der Waals surface area contributed by atoms with Crippen LogP contribution in [0.15, 0.2) is 0 Å². The van der Waals surface area contributed by atoms with E-state index in [9.17, 15) is 0 Å². The number of ether oxygens (including phenoxy) is 1. The van der Waals surface area contributed by atoms with Gasteiger partial charge in [0, 0.05) is 13.7 Å². The Bertz CT molecular complexity index is 101. The van der Waals surface area contributed by atoms with Gasteiger partial charge in [-0.15, -0.1) is 0 Å². The Kier molecular flexibility index (Phi) is 11.0. The molecule has 0 aromatic heterocycles. The van der Waals surface area contributed by atoms with Gasteiger partial charge in [-0.2, -0.15) is 0 Å². The highest BCUT2D eigenvalue weighted by Crippen LogP contribution is 2.18. The van der Waals surface area contributed by atoms with E-state index < -0.39 is 0 Å². The first-order valence-corrected chi connectivity index (χ1v) is 6.17. The van der Waals surface area contributed by atoms with E-state index in [0.717, 1.165) is 12.5 Å². The van der Waals surface area contributed by atoms with Gasteiger partial charge in [0.1, 0.15) is 0 Å². The zero-order valence-electron chi connectivity index (χ0n) is 10.2. The summed E-state index contributed by atoms with van der Waals surface area (Å²) < 4.78 is 5.04. The Hall–Kier alpha value is -0.0400. The monoisotopic (exact) mass is 199 g/mol.